The van der Waals surface area contributed by atoms with E-state index in [0.717, 1.165) is 12.1 Å². The molecule has 0 amide bonds. The number of carbonyl (C=O) groups is 1. The zero-order chi connectivity index (χ0) is 24.3. The molecule has 0 N–H and O–H groups in total. The summed E-state index contributed by atoms with van der Waals surface area (Å²) < 4.78 is 56.3. The maximum atomic E-state index is 13.2. The van der Waals surface area contributed by atoms with Gasteiger partial charge in [0.1, 0.15) is 22.8 Å². The molecule has 4 rings (SSSR count). The number of hydrogen-bond donors (Lipinski definition) is 0. The van der Waals surface area contributed by atoms with Crippen LogP contribution in [0.2, 0.25) is 0 Å². The Morgan fingerprint density at radius 2 is 1.41 bits per heavy atom. The molecule has 0 spiro atoms. The molecular weight excluding hydrogens is 445 g/mol. The SMILES string of the molecule is CCOC(=O)c1c(-c2ccccc2)oc(-c2ccc(OC)cc2)c1-c1ccc(C(F)(F)F)cc1. The first-order chi connectivity index (χ1) is 16.3. The normalized spacial score (nSPS) is 11.3. The minimum atomic E-state index is -4.48. The fraction of sp³-hybridized carbons (Fsp3) is 0.148. The van der Waals surface area contributed by atoms with Gasteiger partial charge >= 0.3 is 12.1 Å². The van der Waals surface area contributed by atoms with Gasteiger partial charge in [0, 0.05) is 16.7 Å². The van der Waals surface area contributed by atoms with Gasteiger partial charge in [0.05, 0.1) is 19.3 Å². The van der Waals surface area contributed by atoms with Crippen molar-refractivity contribution in [1.82, 2.24) is 0 Å². The number of rotatable bonds is 6. The van der Waals surface area contributed by atoms with E-state index >= 15 is 0 Å². The highest BCUT2D eigenvalue weighted by atomic mass is 19.4. The molecule has 0 saturated heterocycles. The maximum absolute atomic E-state index is 13.2. The molecule has 0 aliphatic carbocycles. The predicted octanol–water partition coefficient (Wildman–Crippen LogP) is 7.48. The number of benzene rings is 3. The highest BCUT2D eigenvalue weighted by Crippen LogP contribution is 2.44. The molecule has 0 aliphatic rings. The third-order valence-corrected chi connectivity index (χ3v) is 5.28. The number of ether oxygens (including phenoxy) is 2. The molecule has 3 aromatic carbocycles. The number of carbonyl (C=O) groups excluding carboxylic acids is 1. The lowest BCUT2D eigenvalue weighted by Crippen LogP contribution is -2.07. The van der Waals surface area contributed by atoms with E-state index in [1.807, 2.05) is 6.07 Å². The average Bonchev–Trinajstić information content (AvgIpc) is 3.25. The third kappa shape index (κ3) is 4.55. The number of hydrogen-bond acceptors (Lipinski definition) is 4. The summed E-state index contributed by atoms with van der Waals surface area (Å²) in [5, 5.41) is 0. The predicted molar refractivity (Wildman–Crippen MR) is 123 cm³/mol. The monoisotopic (exact) mass is 466 g/mol. The van der Waals surface area contributed by atoms with Gasteiger partial charge in [-0.3, -0.25) is 0 Å². The first kappa shape index (κ1) is 23.2. The molecular formula is C27H21F3O4. The Hall–Kier alpha value is -4.00. The zero-order valence-corrected chi connectivity index (χ0v) is 18.5. The van der Waals surface area contributed by atoms with Gasteiger partial charge in [-0.05, 0) is 48.9 Å². The number of esters is 1. The minimum Gasteiger partial charge on any atom is -0.497 e. The smallest absolute Gasteiger partial charge is 0.416 e. The van der Waals surface area contributed by atoms with Crippen molar-refractivity contribution in [2.45, 2.75) is 13.1 Å². The van der Waals surface area contributed by atoms with E-state index in [-0.39, 0.29) is 17.9 Å². The van der Waals surface area contributed by atoms with E-state index < -0.39 is 17.7 Å². The summed E-state index contributed by atoms with van der Waals surface area (Å²) in [7, 11) is 1.54. The molecule has 0 fully saturated rings. The van der Waals surface area contributed by atoms with Crippen LogP contribution in [0, 0.1) is 0 Å². The van der Waals surface area contributed by atoms with Crippen molar-refractivity contribution in [3.05, 3.63) is 90.0 Å². The van der Waals surface area contributed by atoms with Crippen molar-refractivity contribution in [3.8, 4) is 39.5 Å². The van der Waals surface area contributed by atoms with Crippen LogP contribution in [0.4, 0.5) is 13.2 Å². The van der Waals surface area contributed by atoms with Crippen molar-refractivity contribution in [3.63, 3.8) is 0 Å². The Kier molecular flexibility index (Phi) is 6.45. The lowest BCUT2D eigenvalue weighted by Gasteiger charge is -2.10. The Morgan fingerprint density at radius 3 is 1.97 bits per heavy atom. The first-order valence-corrected chi connectivity index (χ1v) is 10.5. The topological polar surface area (TPSA) is 48.7 Å². The fourth-order valence-electron chi connectivity index (χ4n) is 3.67. The van der Waals surface area contributed by atoms with Crippen LogP contribution in [0.1, 0.15) is 22.8 Å². The summed E-state index contributed by atoms with van der Waals surface area (Å²) in [6.45, 7) is 1.81. The second-order valence-electron chi connectivity index (χ2n) is 7.40. The minimum absolute atomic E-state index is 0.128. The van der Waals surface area contributed by atoms with Gasteiger partial charge in [0.15, 0.2) is 0 Å². The Morgan fingerprint density at radius 1 is 0.824 bits per heavy atom. The van der Waals surface area contributed by atoms with Crippen LogP contribution < -0.4 is 4.74 Å². The molecule has 7 heteroatoms. The average molecular weight is 466 g/mol. The van der Waals surface area contributed by atoms with Gasteiger partial charge in [0.2, 0.25) is 0 Å². The molecule has 0 radical (unpaired) electrons. The lowest BCUT2D eigenvalue weighted by atomic mass is 9.95. The van der Waals surface area contributed by atoms with Gasteiger partial charge < -0.3 is 13.9 Å². The van der Waals surface area contributed by atoms with E-state index in [9.17, 15) is 18.0 Å². The quantitative estimate of drug-likeness (QED) is 0.276. The standard InChI is InChI=1S/C27H21F3O4/c1-3-33-26(31)23-22(17-9-13-20(14-10-17)27(28,29)30)24(19-11-15-21(32-2)16-12-19)34-25(23)18-7-5-4-6-8-18/h4-16H,3H2,1-2H3. The van der Waals surface area contributed by atoms with Crippen LogP contribution in [0.5, 0.6) is 5.75 Å². The number of alkyl halides is 3. The molecule has 174 valence electrons. The Balaban J connectivity index is 2.00. The van der Waals surface area contributed by atoms with Crippen LogP contribution in [0.3, 0.4) is 0 Å². The number of methoxy groups -OCH3 is 1. The van der Waals surface area contributed by atoms with Gasteiger partial charge in [-0.15, -0.1) is 0 Å². The number of halogens is 3. The molecule has 0 bridgehead atoms. The molecule has 4 aromatic rings. The van der Waals surface area contributed by atoms with Gasteiger partial charge in [-0.2, -0.15) is 13.2 Å². The largest absolute Gasteiger partial charge is 0.497 e. The van der Waals surface area contributed by atoms with E-state index in [1.165, 1.54) is 12.1 Å². The van der Waals surface area contributed by atoms with Crippen LogP contribution >= 0.6 is 0 Å². The van der Waals surface area contributed by atoms with E-state index in [2.05, 4.69) is 0 Å². The van der Waals surface area contributed by atoms with Crippen LogP contribution in [-0.2, 0) is 10.9 Å². The van der Waals surface area contributed by atoms with Crippen LogP contribution in [-0.4, -0.2) is 19.7 Å². The van der Waals surface area contributed by atoms with Crippen molar-refractivity contribution in [2.24, 2.45) is 0 Å². The highest BCUT2D eigenvalue weighted by Gasteiger charge is 2.32. The third-order valence-electron chi connectivity index (χ3n) is 5.28. The molecule has 0 aliphatic heterocycles. The summed E-state index contributed by atoms with van der Waals surface area (Å²) >= 11 is 0. The van der Waals surface area contributed by atoms with Gasteiger partial charge in [0.25, 0.3) is 0 Å². The van der Waals surface area contributed by atoms with Gasteiger partial charge in [-0.25, -0.2) is 4.79 Å². The lowest BCUT2D eigenvalue weighted by molar-refractivity contribution is -0.137. The van der Waals surface area contributed by atoms with Crippen molar-refractivity contribution in [1.29, 1.82) is 0 Å². The molecule has 1 aromatic heterocycles. The molecule has 4 nitrogen and oxygen atoms in total. The van der Waals surface area contributed by atoms with Crippen molar-refractivity contribution in [2.75, 3.05) is 13.7 Å². The van der Waals surface area contributed by atoms with E-state index in [1.54, 1.807) is 62.6 Å². The molecule has 0 unspecified atom stereocenters. The zero-order valence-electron chi connectivity index (χ0n) is 18.5. The number of furan rings is 1. The van der Waals surface area contributed by atoms with Crippen molar-refractivity contribution < 1.29 is 31.9 Å². The highest BCUT2D eigenvalue weighted by molar-refractivity contribution is 6.06. The first-order valence-electron chi connectivity index (χ1n) is 10.5. The fourth-order valence-corrected chi connectivity index (χ4v) is 3.67. The molecule has 1 heterocycles. The Labute approximate surface area is 194 Å². The second-order valence-corrected chi connectivity index (χ2v) is 7.40. The second kappa shape index (κ2) is 9.47. The summed E-state index contributed by atoms with van der Waals surface area (Å²) in [6, 6.07) is 20.6. The van der Waals surface area contributed by atoms with Gasteiger partial charge in [-0.1, -0.05) is 42.5 Å². The Bertz CT molecular complexity index is 1270. The maximum Gasteiger partial charge on any atom is 0.416 e. The molecule has 34 heavy (non-hydrogen) atoms. The summed E-state index contributed by atoms with van der Waals surface area (Å²) in [6.07, 6.45) is -4.48. The summed E-state index contributed by atoms with van der Waals surface area (Å²) in [4.78, 5) is 13.1. The summed E-state index contributed by atoms with van der Waals surface area (Å²) in [5.41, 5.74) is 1.39. The van der Waals surface area contributed by atoms with Crippen LogP contribution in [0.25, 0.3) is 33.8 Å². The van der Waals surface area contributed by atoms with E-state index in [4.69, 9.17) is 13.9 Å². The summed E-state index contributed by atoms with van der Waals surface area (Å²) in [5.74, 6) is 0.615. The molecule has 0 atom stereocenters. The van der Waals surface area contributed by atoms with Crippen molar-refractivity contribution >= 4 is 5.97 Å². The van der Waals surface area contributed by atoms with E-state index in [0.29, 0.717) is 33.8 Å². The molecule has 0 saturated carbocycles. The van der Waals surface area contributed by atoms with Crippen LogP contribution in [0.15, 0.2) is 83.3 Å².